The van der Waals surface area contributed by atoms with Crippen LogP contribution in [0.1, 0.15) is 34.3 Å². The summed E-state index contributed by atoms with van der Waals surface area (Å²) in [5, 5.41) is 0. The maximum absolute atomic E-state index is 13.7. The lowest BCUT2D eigenvalue weighted by Gasteiger charge is -2.42. The minimum atomic E-state index is -4.08. The standard InChI is InChI=1S/C30H35N5O5S/c1-20-5-3-6-21(2)28(20)26-16-27-32-30(31-26)33-41(37,38)25-8-4-7-23(15-25)29(36)35-12-11-34(18-24(35)19-40-27)17-22-9-13-39-14-10-22/h3-8,15-16,22,24H,9-14,17-19H2,1-2H3,(H,31,32,33). The van der Waals surface area contributed by atoms with E-state index >= 15 is 0 Å². The van der Waals surface area contributed by atoms with Crippen molar-refractivity contribution in [2.24, 2.45) is 5.92 Å². The fourth-order valence-electron chi connectivity index (χ4n) is 6.00. The van der Waals surface area contributed by atoms with Gasteiger partial charge in [0.05, 0.1) is 16.6 Å². The Bertz CT molecular complexity index is 1540. The van der Waals surface area contributed by atoms with Gasteiger partial charge in [0.2, 0.25) is 11.8 Å². The summed E-state index contributed by atoms with van der Waals surface area (Å²) < 4.78 is 41.1. The van der Waals surface area contributed by atoms with E-state index in [0.29, 0.717) is 30.3 Å². The fourth-order valence-corrected chi connectivity index (χ4v) is 6.99. The number of carbonyl (C=O) groups is 1. The number of benzene rings is 2. The number of nitrogens with zero attached hydrogens (tertiary/aromatic N) is 4. The number of sulfonamides is 1. The van der Waals surface area contributed by atoms with Crippen LogP contribution in [0.15, 0.2) is 53.4 Å². The smallest absolute Gasteiger partial charge is 0.264 e. The number of piperazine rings is 1. The topological polar surface area (TPSA) is 114 Å². The Morgan fingerprint density at radius 3 is 2.54 bits per heavy atom. The van der Waals surface area contributed by atoms with Crippen LogP contribution >= 0.6 is 0 Å². The molecule has 41 heavy (non-hydrogen) atoms. The molecule has 2 fully saturated rings. The minimum absolute atomic E-state index is 0.0270. The number of aryl methyl sites for hydroxylation is 2. The summed E-state index contributed by atoms with van der Waals surface area (Å²) in [6.07, 6.45) is 2.08. The van der Waals surface area contributed by atoms with Gasteiger partial charge in [-0.3, -0.25) is 9.69 Å². The molecule has 1 N–H and O–H groups in total. The summed E-state index contributed by atoms with van der Waals surface area (Å²) in [7, 11) is -4.08. The second-order valence-corrected chi connectivity index (χ2v) is 12.8. The van der Waals surface area contributed by atoms with E-state index in [4.69, 9.17) is 9.47 Å². The lowest BCUT2D eigenvalue weighted by Crippen LogP contribution is -2.58. The molecule has 1 aromatic heterocycles. The molecular formula is C30H35N5O5S. The lowest BCUT2D eigenvalue weighted by molar-refractivity contribution is 0.0157. The SMILES string of the molecule is Cc1cccc(C)c1-c1cc2nc(n1)NS(=O)(=O)c1cccc(c1)C(=O)N1CCN(CC3CCOCC3)CC1CO2. The van der Waals surface area contributed by atoms with Gasteiger partial charge in [0.15, 0.2) is 0 Å². The zero-order valence-corrected chi connectivity index (χ0v) is 24.2. The van der Waals surface area contributed by atoms with Crippen molar-refractivity contribution in [3.63, 3.8) is 0 Å². The van der Waals surface area contributed by atoms with Crippen molar-refractivity contribution in [1.29, 1.82) is 0 Å². The van der Waals surface area contributed by atoms with Gasteiger partial charge in [-0.2, -0.15) is 4.98 Å². The third-order valence-corrected chi connectivity index (χ3v) is 9.49. The second-order valence-electron chi connectivity index (χ2n) is 11.1. The van der Waals surface area contributed by atoms with Crippen LogP contribution in [0.5, 0.6) is 5.88 Å². The number of hydrogen-bond donors (Lipinski definition) is 1. The van der Waals surface area contributed by atoms with Gasteiger partial charge in [0.1, 0.15) is 6.61 Å². The number of nitrogens with one attached hydrogen (secondary N) is 1. The number of amides is 1. The van der Waals surface area contributed by atoms with E-state index in [1.165, 1.54) is 12.1 Å². The van der Waals surface area contributed by atoms with Gasteiger partial charge in [-0.15, -0.1) is 0 Å². The molecule has 6 rings (SSSR count). The van der Waals surface area contributed by atoms with Crippen molar-refractivity contribution in [3.05, 3.63) is 65.2 Å². The molecule has 11 heteroatoms. The third kappa shape index (κ3) is 5.93. The minimum Gasteiger partial charge on any atom is -0.475 e. The highest BCUT2D eigenvalue weighted by Gasteiger charge is 2.34. The normalized spacial score (nSPS) is 21.5. The molecule has 0 aliphatic carbocycles. The number of ether oxygens (including phenoxy) is 2. The van der Waals surface area contributed by atoms with Gasteiger partial charge in [-0.05, 0) is 61.9 Å². The van der Waals surface area contributed by atoms with E-state index in [1.807, 2.05) is 36.9 Å². The molecule has 0 saturated carbocycles. The van der Waals surface area contributed by atoms with Crippen LogP contribution < -0.4 is 9.46 Å². The molecule has 2 aromatic carbocycles. The fraction of sp³-hybridized carbons (Fsp3) is 0.433. The number of carbonyl (C=O) groups excluding carboxylic acids is 1. The second kappa shape index (κ2) is 11.4. The number of rotatable bonds is 3. The summed E-state index contributed by atoms with van der Waals surface area (Å²) in [5.41, 5.74) is 3.77. The summed E-state index contributed by atoms with van der Waals surface area (Å²) in [6.45, 7) is 8.65. The highest BCUT2D eigenvalue weighted by molar-refractivity contribution is 7.92. The molecule has 216 valence electrons. The van der Waals surface area contributed by atoms with Gasteiger partial charge in [0.25, 0.3) is 15.9 Å². The first-order chi connectivity index (χ1) is 19.8. The van der Waals surface area contributed by atoms with E-state index in [0.717, 1.165) is 55.8 Å². The van der Waals surface area contributed by atoms with Crippen LogP contribution in [-0.2, 0) is 14.8 Å². The van der Waals surface area contributed by atoms with Gasteiger partial charge < -0.3 is 14.4 Å². The molecule has 3 aliphatic heterocycles. The predicted molar refractivity (Wildman–Crippen MR) is 154 cm³/mol. The van der Waals surface area contributed by atoms with E-state index in [-0.39, 0.29) is 35.3 Å². The molecule has 0 spiro atoms. The largest absolute Gasteiger partial charge is 0.475 e. The van der Waals surface area contributed by atoms with Crippen molar-refractivity contribution in [3.8, 4) is 17.1 Å². The molecule has 1 amide bonds. The van der Waals surface area contributed by atoms with Gasteiger partial charge in [0, 0.05) is 56.6 Å². The monoisotopic (exact) mass is 577 g/mol. The highest BCUT2D eigenvalue weighted by atomic mass is 32.2. The summed E-state index contributed by atoms with van der Waals surface area (Å²) >= 11 is 0. The zero-order chi connectivity index (χ0) is 28.6. The molecule has 1 unspecified atom stereocenters. The van der Waals surface area contributed by atoms with Gasteiger partial charge in [-0.1, -0.05) is 24.3 Å². The van der Waals surface area contributed by atoms with E-state index < -0.39 is 10.0 Å². The average molecular weight is 578 g/mol. The van der Waals surface area contributed by atoms with Crippen LogP contribution in [-0.4, -0.2) is 86.1 Å². The number of hydrogen-bond acceptors (Lipinski definition) is 8. The zero-order valence-electron chi connectivity index (χ0n) is 23.4. The van der Waals surface area contributed by atoms with Crippen LogP contribution in [0.25, 0.3) is 11.3 Å². The summed E-state index contributed by atoms with van der Waals surface area (Å²) in [5.74, 6) is 0.515. The first-order valence-corrected chi connectivity index (χ1v) is 15.6. The van der Waals surface area contributed by atoms with Crippen molar-refractivity contribution in [2.45, 2.75) is 37.6 Å². The predicted octanol–water partition coefficient (Wildman–Crippen LogP) is 3.51. The maximum atomic E-state index is 13.7. The Kier molecular flexibility index (Phi) is 7.67. The van der Waals surface area contributed by atoms with Crippen molar-refractivity contribution in [2.75, 3.05) is 50.7 Å². The van der Waals surface area contributed by atoms with E-state index in [2.05, 4.69) is 19.6 Å². The Morgan fingerprint density at radius 2 is 1.76 bits per heavy atom. The summed E-state index contributed by atoms with van der Waals surface area (Å²) in [4.78, 5) is 26.9. The molecular weight excluding hydrogens is 542 g/mol. The maximum Gasteiger partial charge on any atom is 0.264 e. The molecule has 3 aromatic rings. The van der Waals surface area contributed by atoms with Crippen molar-refractivity contribution >= 4 is 21.9 Å². The molecule has 4 bridgehead atoms. The van der Waals surface area contributed by atoms with Crippen LogP contribution in [0, 0.1) is 19.8 Å². The lowest BCUT2D eigenvalue weighted by atomic mass is 9.98. The van der Waals surface area contributed by atoms with Crippen LogP contribution in [0.3, 0.4) is 0 Å². The third-order valence-electron chi connectivity index (χ3n) is 8.17. The summed E-state index contributed by atoms with van der Waals surface area (Å²) in [6, 6.07) is 13.6. The van der Waals surface area contributed by atoms with Crippen LogP contribution in [0.2, 0.25) is 0 Å². The molecule has 1 atom stereocenters. The van der Waals surface area contributed by atoms with Crippen LogP contribution in [0.4, 0.5) is 5.95 Å². The van der Waals surface area contributed by atoms with E-state index in [1.54, 1.807) is 18.2 Å². The molecule has 3 aliphatic rings. The Morgan fingerprint density at radius 1 is 1.00 bits per heavy atom. The van der Waals surface area contributed by atoms with Gasteiger partial charge >= 0.3 is 0 Å². The highest BCUT2D eigenvalue weighted by Crippen LogP contribution is 2.30. The average Bonchev–Trinajstić information content (AvgIpc) is 2.96. The Labute approximate surface area is 240 Å². The number of aromatic nitrogens is 2. The quantitative estimate of drug-likeness (QED) is 0.503. The van der Waals surface area contributed by atoms with Crippen molar-refractivity contribution < 1.29 is 22.7 Å². The van der Waals surface area contributed by atoms with Crippen molar-refractivity contribution in [1.82, 2.24) is 19.8 Å². The first-order valence-electron chi connectivity index (χ1n) is 14.1. The molecule has 4 heterocycles. The molecule has 2 saturated heterocycles. The number of fused-ring (bicyclic) bond motifs is 5. The van der Waals surface area contributed by atoms with Gasteiger partial charge in [-0.25, -0.2) is 18.1 Å². The first kappa shape index (κ1) is 27.6. The Balaban J connectivity index is 1.39. The number of anilines is 1. The van der Waals surface area contributed by atoms with E-state index in [9.17, 15) is 13.2 Å². The molecule has 0 radical (unpaired) electrons. The Hall–Kier alpha value is -3.54. The molecule has 10 nitrogen and oxygen atoms in total.